The van der Waals surface area contributed by atoms with E-state index in [9.17, 15) is 9.59 Å². The monoisotopic (exact) mass is 345 g/mol. The fraction of sp³-hybridized carbons (Fsp3) is 0.529. The minimum absolute atomic E-state index is 0.0555. The number of carbonyl (C=O) groups excluding carboxylic acids is 1. The van der Waals surface area contributed by atoms with E-state index in [0.717, 1.165) is 12.1 Å². The molecule has 2 N–H and O–H groups in total. The molecule has 8 heteroatoms. The van der Waals surface area contributed by atoms with Crippen LogP contribution in [-0.2, 0) is 25.9 Å². The van der Waals surface area contributed by atoms with E-state index in [4.69, 9.17) is 5.11 Å². The Kier molecular flexibility index (Phi) is 4.61. The maximum Gasteiger partial charge on any atom is 0.356 e. The summed E-state index contributed by atoms with van der Waals surface area (Å²) in [6.07, 6.45) is 1.32. The quantitative estimate of drug-likeness (QED) is 0.859. The van der Waals surface area contributed by atoms with Crippen molar-refractivity contribution in [3.8, 4) is 0 Å². The predicted octanol–water partition coefficient (Wildman–Crippen LogP) is 1.72. The number of aromatic amines is 1. The second-order valence-electron chi connectivity index (χ2n) is 6.75. The molecule has 0 spiro atoms. The van der Waals surface area contributed by atoms with Gasteiger partial charge in [0.2, 0.25) is 0 Å². The molecule has 3 rings (SSSR count). The second kappa shape index (κ2) is 6.70. The Labute approximate surface area is 145 Å². The molecule has 8 nitrogen and oxygen atoms in total. The van der Waals surface area contributed by atoms with Gasteiger partial charge in [-0.15, -0.1) is 0 Å². The highest BCUT2D eigenvalue weighted by Crippen LogP contribution is 2.22. The van der Waals surface area contributed by atoms with Crippen molar-refractivity contribution in [3.05, 3.63) is 34.4 Å². The normalized spacial score (nSPS) is 14.0. The summed E-state index contributed by atoms with van der Waals surface area (Å²) >= 11 is 0. The van der Waals surface area contributed by atoms with Crippen molar-refractivity contribution in [2.24, 2.45) is 5.92 Å². The fourth-order valence-corrected chi connectivity index (χ4v) is 3.23. The average Bonchev–Trinajstić information content (AvgIpc) is 3.16. The molecule has 0 saturated carbocycles. The minimum atomic E-state index is -1.04. The van der Waals surface area contributed by atoms with Gasteiger partial charge >= 0.3 is 5.97 Å². The Hall–Kier alpha value is -2.64. The smallest absolute Gasteiger partial charge is 0.356 e. The number of fused-ring (bicyclic) bond motifs is 1. The van der Waals surface area contributed by atoms with Gasteiger partial charge in [-0.2, -0.15) is 10.2 Å². The molecule has 0 atom stereocenters. The molecule has 0 fully saturated rings. The first-order chi connectivity index (χ1) is 11.9. The summed E-state index contributed by atoms with van der Waals surface area (Å²) in [7, 11) is 0. The molecule has 0 aliphatic carbocycles. The van der Waals surface area contributed by atoms with E-state index in [2.05, 4.69) is 29.1 Å². The number of aryl methyl sites for hydroxylation is 1. The lowest BCUT2D eigenvalue weighted by molar-refractivity contribution is 0.0689. The largest absolute Gasteiger partial charge is 0.476 e. The van der Waals surface area contributed by atoms with Gasteiger partial charge in [-0.05, 0) is 31.7 Å². The van der Waals surface area contributed by atoms with E-state index < -0.39 is 5.97 Å². The summed E-state index contributed by atoms with van der Waals surface area (Å²) in [5.41, 5.74) is 2.95. The molecule has 25 heavy (non-hydrogen) atoms. The summed E-state index contributed by atoms with van der Waals surface area (Å²) in [5, 5.41) is 20.3. The number of carboxylic acids is 1. The van der Waals surface area contributed by atoms with Gasteiger partial charge < -0.3 is 10.0 Å². The number of rotatable bonds is 5. The Balaban J connectivity index is 1.82. The molecule has 1 aliphatic heterocycles. The number of hydrogen-bond acceptors (Lipinski definition) is 4. The van der Waals surface area contributed by atoms with Crippen molar-refractivity contribution in [2.75, 3.05) is 6.54 Å². The van der Waals surface area contributed by atoms with Crippen LogP contribution in [0.1, 0.15) is 58.7 Å². The predicted molar refractivity (Wildman–Crippen MR) is 90.4 cm³/mol. The van der Waals surface area contributed by atoms with Crippen LogP contribution in [0, 0.1) is 5.92 Å². The lowest BCUT2D eigenvalue weighted by atomic mass is 10.0. The van der Waals surface area contributed by atoms with Crippen molar-refractivity contribution in [1.29, 1.82) is 0 Å². The number of aromatic nitrogens is 4. The summed E-state index contributed by atoms with van der Waals surface area (Å²) in [6.45, 7) is 7.65. The van der Waals surface area contributed by atoms with Crippen LogP contribution in [0.25, 0.3) is 0 Å². The van der Waals surface area contributed by atoms with Crippen LogP contribution in [0.4, 0.5) is 0 Å². The molecule has 0 saturated heterocycles. The molecular weight excluding hydrogens is 322 g/mol. The Morgan fingerprint density at radius 3 is 2.80 bits per heavy atom. The van der Waals surface area contributed by atoms with Crippen LogP contribution in [0.5, 0.6) is 0 Å². The van der Waals surface area contributed by atoms with Crippen molar-refractivity contribution < 1.29 is 14.7 Å². The highest BCUT2D eigenvalue weighted by atomic mass is 16.4. The van der Waals surface area contributed by atoms with Gasteiger partial charge in [0.1, 0.15) is 5.69 Å². The average molecular weight is 345 g/mol. The SMILES string of the molecule is CCn1nc(CC(C)C)cc1C(=O)N1CCc2c(C(=O)O)n[nH]c2C1. The fourth-order valence-electron chi connectivity index (χ4n) is 3.23. The molecule has 0 unspecified atom stereocenters. The first-order valence-corrected chi connectivity index (χ1v) is 8.56. The van der Waals surface area contributed by atoms with E-state index in [1.165, 1.54) is 0 Å². The van der Waals surface area contributed by atoms with Crippen LogP contribution >= 0.6 is 0 Å². The number of nitrogens with one attached hydrogen (secondary N) is 1. The number of H-pyrrole nitrogens is 1. The van der Waals surface area contributed by atoms with Crippen LogP contribution in [-0.4, -0.2) is 48.4 Å². The van der Waals surface area contributed by atoms with Crippen molar-refractivity contribution in [1.82, 2.24) is 24.9 Å². The summed E-state index contributed by atoms with van der Waals surface area (Å²) < 4.78 is 1.74. The van der Waals surface area contributed by atoms with Gasteiger partial charge in [-0.1, -0.05) is 13.8 Å². The molecule has 2 aromatic rings. The van der Waals surface area contributed by atoms with Gasteiger partial charge in [0, 0.05) is 18.7 Å². The van der Waals surface area contributed by atoms with Crippen LogP contribution in [0.15, 0.2) is 6.07 Å². The van der Waals surface area contributed by atoms with Crippen LogP contribution < -0.4 is 0 Å². The summed E-state index contributed by atoms with van der Waals surface area (Å²) in [6, 6.07) is 1.87. The molecule has 134 valence electrons. The van der Waals surface area contributed by atoms with Gasteiger partial charge in [-0.3, -0.25) is 14.6 Å². The highest BCUT2D eigenvalue weighted by Gasteiger charge is 2.29. The standard InChI is InChI=1S/C17H23N5O3/c1-4-22-14(8-11(20-22)7-10(2)3)16(23)21-6-5-12-13(9-21)18-19-15(12)17(24)25/h8,10H,4-7,9H2,1-3H3,(H,18,19)(H,24,25). The number of amides is 1. The molecule has 0 aromatic carbocycles. The molecule has 3 heterocycles. The number of carboxylic acid groups (broad SMARTS) is 1. The number of nitrogens with zero attached hydrogens (tertiary/aromatic N) is 4. The van der Waals surface area contributed by atoms with Gasteiger partial charge in [0.15, 0.2) is 5.69 Å². The van der Waals surface area contributed by atoms with Crippen molar-refractivity contribution in [3.63, 3.8) is 0 Å². The third-order valence-electron chi connectivity index (χ3n) is 4.39. The van der Waals surface area contributed by atoms with E-state index >= 15 is 0 Å². The van der Waals surface area contributed by atoms with Gasteiger partial charge in [-0.25, -0.2) is 4.79 Å². The molecule has 0 bridgehead atoms. The third-order valence-corrected chi connectivity index (χ3v) is 4.39. The lowest BCUT2D eigenvalue weighted by Gasteiger charge is -2.26. The summed E-state index contributed by atoms with van der Waals surface area (Å²) in [5.74, 6) is -0.652. The van der Waals surface area contributed by atoms with Crippen LogP contribution in [0.3, 0.4) is 0 Å². The molecule has 1 aliphatic rings. The topological polar surface area (TPSA) is 104 Å². The highest BCUT2D eigenvalue weighted by molar-refractivity contribution is 5.93. The van der Waals surface area contributed by atoms with Crippen molar-refractivity contribution in [2.45, 2.75) is 46.7 Å². The second-order valence-corrected chi connectivity index (χ2v) is 6.75. The maximum absolute atomic E-state index is 12.9. The van der Waals surface area contributed by atoms with Gasteiger partial charge in [0.25, 0.3) is 5.91 Å². The molecule has 0 radical (unpaired) electrons. The lowest BCUT2D eigenvalue weighted by Crippen LogP contribution is -2.37. The van der Waals surface area contributed by atoms with Crippen LogP contribution in [0.2, 0.25) is 0 Å². The molecule has 1 amide bonds. The minimum Gasteiger partial charge on any atom is -0.476 e. The Morgan fingerprint density at radius 2 is 2.16 bits per heavy atom. The van der Waals surface area contributed by atoms with E-state index in [-0.39, 0.29) is 11.6 Å². The zero-order valence-corrected chi connectivity index (χ0v) is 14.7. The van der Waals surface area contributed by atoms with Crippen molar-refractivity contribution >= 4 is 11.9 Å². The Bertz CT molecular complexity index is 805. The van der Waals surface area contributed by atoms with E-state index in [0.29, 0.717) is 48.9 Å². The van der Waals surface area contributed by atoms with Gasteiger partial charge in [0.05, 0.1) is 17.9 Å². The third kappa shape index (κ3) is 3.29. The number of carbonyl (C=O) groups is 2. The molecular formula is C17H23N5O3. The molecule has 2 aromatic heterocycles. The number of hydrogen-bond donors (Lipinski definition) is 2. The maximum atomic E-state index is 12.9. The Morgan fingerprint density at radius 1 is 1.40 bits per heavy atom. The van der Waals surface area contributed by atoms with E-state index in [1.54, 1.807) is 9.58 Å². The van der Waals surface area contributed by atoms with E-state index in [1.807, 2.05) is 13.0 Å². The first-order valence-electron chi connectivity index (χ1n) is 8.56. The zero-order valence-electron chi connectivity index (χ0n) is 14.7. The number of aromatic carboxylic acids is 1. The zero-order chi connectivity index (χ0) is 18.1. The first kappa shape index (κ1) is 17.2. The summed E-state index contributed by atoms with van der Waals surface area (Å²) in [4.78, 5) is 25.8.